The number of aromatic nitrogens is 2. The van der Waals surface area contributed by atoms with Crippen LogP contribution in [0, 0.1) is 0 Å². The molecular weight excluding hydrogens is 166 g/mol. The van der Waals surface area contributed by atoms with Gasteiger partial charge < -0.3 is 0 Å². The van der Waals surface area contributed by atoms with Crippen LogP contribution in [-0.4, -0.2) is 18.2 Å². The van der Waals surface area contributed by atoms with E-state index in [0.29, 0.717) is 5.56 Å². The summed E-state index contributed by atoms with van der Waals surface area (Å²) in [5.74, 6) is -0.152. The first kappa shape index (κ1) is 8.22. The van der Waals surface area contributed by atoms with Crippen LogP contribution in [0.25, 0.3) is 0 Å². The predicted octanol–water partition coefficient (Wildman–Crippen LogP) is -0.791. The normalized spacial score (nSPS) is 11.8. The average Bonchev–Trinajstić information content (AvgIpc) is 2.10. The van der Waals surface area contributed by atoms with Gasteiger partial charge in [-0.05, 0) is 0 Å². The maximum Gasteiger partial charge on any atom is 0.213 e. The molecule has 0 radical (unpaired) electrons. The molecule has 6 heteroatoms. The molecule has 0 aromatic carbocycles. The summed E-state index contributed by atoms with van der Waals surface area (Å²) in [5.41, 5.74) is 0.606. The van der Waals surface area contributed by atoms with E-state index in [2.05, 4.69) is 5.10 Å². The molecule has 0 atom stereocenters. The topological polar surface area (TPSA) is 78.0 Å². The van der Waals surface area contributed by atoms with Crippen molar-refractivity contribution in [2.24, 2.45) is 12.2 Å². The van der Waals surface area contributed by atoms with Crippen molar-refractivity contribution in [1.82, 2.24) is 9.78 Å². The second-order valence-corrected chi connectivity index (χ2v) is 3.94. The Kier molecular flexibility index (Phi) is 1.97. The van der Waals surface area contributed by atoms with E-state index in [1.54, 1.807) is 13.2 Å². The summed E-state index contributed by atoms with van der Waals surface area (Å²) in [4.78, 5) is 0. The van der Waals surface area contributed by atoms with Crippen LogP contribution in [0.4, 0.5) is 0 Å². The molecule has 0 saturated carbocycles. The second kappa shape index (κ2) is 2.63. The van der Waals surface area contributed by atoms with E-state index in [4.69, 9.17) is 5.14 Å². The molecule has 1 heterocycles. The van der Waals surface area contributed by atoms with Crippen LogP contribution >= 0.6 is 0 Å². The highest BCUT2D eigenvalue weighted by Crippen LogP contribution is 1.99. The Hall–Kier alpha value is -0.880. The Labute approximate surface area is 64.9 Å². The summed E-state index contributed by atoms with van der Waals surface area (Å²) in [6, 6.07) is 0. The average molecular weight is 175 g/mol. The van der Waals surface area contributed by atoms with Gasteiger partial charge in [0, 0.05) is 18.8 Å². The summed E-state index contributed by atoms with van der Waals surface area (Å²) in [6.45, 7) is 0. The van der Waals surface area contributed by atoms with Gasteiger partial charge in [0.1, 0.15) is 0 Å². The molecule has 0 bridgehead atoms. The third kappa shape index (κ3) is 2.69. The van der Waals surface area contributed by atoms with Crippen molar-refractivity contribution in [2.75, 3.05) is 0 Å². The molecule has 0 aliphatic carbocycles. The maximum absolute atomic E-state index is 10.6. The van der Waals surface area contributed by atoms with Gasteiger partial charge in [-0.2, -0.15) is 5.10 Å². The zero-order valence-corrected chi connectivity index (χ0v) is 6.87. The Morgan fingerprint density at radius 3 is 2.73 bits per heavy atom. The number of aryl methyl sites for hydroxylation is 1. The van der Waals surface area contributed by atoms with Gasteiger partial charge in [0.25, 0.3) is 0 Å². The van der Waals surface area contributed by atoms with E-state index in [0.717, 1.165) is 0 Å². The quantitative estimate of drug-likeness (QED) is 0.639. The fourth-order valence-corrected chi connectivity index (χ4v) is 1.39. The minimum absolute atomic E-state index is 0.152. The summed E-state index contributed by atoms with van der Waals surface area (Å²) in [6.07, 6.45) is 3.09. The molecule has 11 heavy (non-hydrogen) atoms. The molecule has 0 spiro atoms. The van der Waals surface area contributed by atoms with Gasteiger partial charge in [-0.3, -0.25) is 4.68 Å². The van der Waals surface area contributed by atoms with Crippen LogP contribution in [0.1, 0.15) is 5.56 Å². The van der Waals surface area contributed by atoms with Crippen LogP contribution in [0.2, 0.25) is 0 Å². The fraction of sp³-hybridized carbons (Fsp3) is 0.400. The van der Waals surface area contributed by atoms with Crippen LogP contribution in [0.3, 0.4) is 0 Å². The van der Waals surface area contributed by atoms with Crippen LogP contribution in [0.15, 0.2) is 12.4 Å². The lowest BCUT2D eigenvalue weighted by molar-refractivity contribution is 0.597. The van der Waals surface area contributed by atoms with E-state index in [-0.39, 0.29) is 5.75 Å². The Bertz CT molecular complexity index is 340. The zero-order chi connectivity index (χ0) is 8.48. The van der Waals surface area contributed by atoms with E-state index < -0.39 is 10.0 Å². The molecule has 62 valence electrons. The van der Waals surface area contributed by atoms with Gasteiger partial charge in [-0.1, -0.05) is 0 Å². The maximum atomic E-state index is 10.6. The molecule has 0 fully saturated rings. The van der Waals surface area contributed by atoms with Crippen LogP contribution in [-0.2, 0) is 22.8 Å². The molecule has 1 aromatic rings. The molecule has 1 aromatic heterocycles. The van der Waals surface area contributed by atoms with E-state index >= 15 is 0 Å². The third-order valence-corrected chi connectivity index (χ3v) is 1.86. The molecule has 0 saturated heterocycles. The first-order valence-corrected chi connectivity index (χ1v) is 4.67. The van der Waals surface area contributed by atoms with Crippen molar-refractivity contribution < 1.29 is 8.42 Å². The molecular formula is C5H9N3O2S. The molecule has 0 aliphatic heterocycles. The number of hydrogen-bond acceptors (Lipinski definition) is 3. The standard InChI is InChI=1S/C5H9N3O2S/c1-8-3-5(2-7-8)4-11(6,9)10/h2-3H,4H2,1H3,(H2,6,9,10). The van der Waals surface area contributed by atoms with E-state index in [1.165, 1.54) is 10.9 Å². The lowest BCUT2D eigenvalue weighted by Gasteiger charge is -1.91. The molecule has 5 nitrogen and oxygen atoms in total. The van der Waals surface area contributed by atoms with Gasteiger partial charge >= 0.3 is 0 Å². The van der Waals surface area contributed by atoms with Crippen molar-refractivity contribution in [1.29, 1.82) is 0 Å². The summed E-state index contributed by atoms with van der Waals surface area (Å²) in [7, 11) is -1.70. The van der Waals surface area contributed by atoms with Gasteiger partial charge in [-0.15, -0.1) is 0 Å². The summed E-state index contributed by atoms with van der Waals surface area (Å²) >= 11 is 0. The number of nitrogens with two attached hydrogens (primary N) is 1. The second-order valence-electron chi connectivity index (χ2n) is 2.33. The summed E-state index contributed by atoms with van der Waals surface area (Å²) in [5, 5.41) is 8.61. The van der Waals surface area contributed by atoms with Gasteiger partial charge in [-0.25, -0.2) is 13.6 Å². The predicted molar refractivity (Wildman–Crippen MR) is 40.0 cm³/mol. The number of sulfonamides is 1. The highest BCUT2D eigenvalue weighted by atomic mass is 32.2. The van der Waals surface area contributed by atoms with Crippen molar-refractivity contribution in [3.8, 4) is 0 Å². The van der Waals surface area contributed by atoms with Crippen molar-refractivity contribution >= 4 is 10.0 Å². The highest BCUT2D eigenvalue weighted by Gasteiger charge is 2.05. The van der Waals surface area contributed by atoms with E-state index in [9.17, 15) is 8.42 Å². The molecule has 2 N–H and O–H groups in total. The number of primary sulfonamides is 1. The number of nitrogens with zero attached hydrogens (tertiary/aromatic N) is 2. The van der Waals surface area contributed by atoms with Crippen molar-refractivity contribution in [3.63, 3.8) is 0 Å². The van der Waals surface area contributed by atoms with Crippen LogP contribution in [0.5, 0.6) is 0 Å². The Morgan fingerprint density at radius 2 is 2.36 bits per heavy atom. The highest BCUT2D eigenvalue weighted by molar-refractivity contribution is 7.88. The fourth-order valence-electron chi connectivity index (χ4n) is 0.779. The number of rotatable bonds is 2. The largest absolute Gasteiger partial charge is 0.276 e. The minimum Gasteiger partial charge on any atom is -0.276 e. The number of hydrogen-bond donors (Lipinski definition) is 1. The van der Waals surface area contributed by atoms with Crippen LogP contribution < -0.4 is 5.14 Å². The minimum atomic E-state index is -3.42. The molecule has 1 rings (SSSR count). The smallest absolute Gasteiger partial charge is 0.213 e. The molecule has 0 unspecified atom stereocenters. The van der Waals surface area contributed by atoms with Gasteiger partial charge in [0.05, 0.1) is 11.9 Å². The first-order chi connectivity index (χ1) is 4.97. The SMILES string of the molecule is Cn1cc(CS(N)(=O)=O)cn1. The Balaban J connectivity index is 2.81. The zero-order valence-electron chi connectivity index (χ0n) is 6.06. The van der Waals surface area contributed by atoms with Crippen molar-refractivity contribution in [3.05, 3.63) is 18.0 Å². The van der Waals surface area contributed by atoms with Gasteiger partial charge in [0.15, 0.2) is 0 Å². The van der Waals surface area contributed by atoms with Gasteiger partial charge in [0.2, 0.25) is 10.0 Å². The Morgan fingerprint density at radius 1 is 1.73 bits per heavy atom. The summed E-state index contributed by atoms with van der Waals surface area (Å²) < 4.78 is 22.6. The third-order valence-electron chi connectivity index (χ3n) is 1.13. The molecule has 0 aliphatic rings. The van der Waals surface area contributed by atoms with Crippen molar-refractivity contribution in [2.45, 2.75) is 5.75 Å². The lowest BCUT2D eigenvalue weighted by Crippen LogP contribution is -2.13. The lowest BCUT2D eigenvalue weighted by atomic mass is 10.4. The monoisotopic (exact) mass is 175 g/mol. The molecule has 0 amide bonds. The van der Waals surface area contributed by atoms with E-state index in [1.807, 2.05) is 0 Å². The first-order valence-electron chi connectivity index (χ1n) is 2.95.